The van der Waals surface area contributed by atoms with Crippen LogP contribution in [0.5, 0.6) is 0 Å². The zero-order chi connectivity index (χ0) is 17.6. The van der Waals surface area contributed by atoms with Gasteiger partial charge in [0, 0.05) is 18.8 Å². The molecule has 1 aromatic carbocycles. The first-order chi connectivity index (χ1) is 12.2. The van der Waals surface area contributed by atoms with Gasteiger partial charge in [-0.25, -0.2) is 4.79 Å². The Kier molecular flexibility index (Phi) is 5.88. The van der Waals surface area contributed by atoms with Crippen LogP contribution in [0.3, 0.4) is 0 Å². The van der Waals surface area contributed by atoms with E-state index in [0.29, 0.717) is 30.4 Å². The van der Waals surface area contributed by atoms with Gasteiger partial charge in [0.15, 0.2) is 0 Å². The number of esters is 1. The van der Waals surface area contributed by atoms with E-state index < -0.39 is 5.97 Å². The molecular weight excluding hydrogens is 322 g/mol. The molecule has 0 unspecified atom stereocenters. The third-order valence-corrected chi connectivity index (χ3v) is 4.47. The van der Waals surface area contributed by atoms with Gasteiger partial charge in [0.05, 0.1) is 38.1 Å². The number of rotatable bonds is 7. The van der Waals surface area contributed by atoms with Gasteiger partial charge < -0.3 is 25.0 Å². The van der Waals surface area contributed by atoms with Crippen LogP contribution in [0, 0.1) is 5.92 Å². The first kappa shape index (κ1) is 17.7. The minimum absolute atomic E-state index is 0.162. The zero-order valence-electron chi connectivity index (χ0n) is 14.5. The summed E-state index contributed by atoms with van der Waals surface area (Å²) >= 11 is 0. The Morgan fingerprint density at radius 1 is 1.28 bits per heavy atom. The van der Waals surface area contributed by atoms with Crippen LogP contribution in [-0.2, 0) is 14.3 Å². The van der Waals surface area contributed by atoms with Crippen LogP contribution in [0.15, 0.2) is 18.2 Å². The van der Waals surface area contributed by atoms with Gasteiger partial charge >= 0.3 is 5.97 Å². The van der Waals surface area contributed by atoms with Crippen molar-refractivity contribution in [3.05, 3.63) is 23.8 Å². The van der Waals surface area contributed by atoms with Gasteiger partial charge in [0.25, 0.3) is 0 Å². The fraction of sp³-hybridized carbons (Fsp3) is 0.556. The lowest BCUT2D eigenvalue weighted by atomic mass is 10.1. The molecule has 25 heavy (non-hydrogen) atoms. The van der Waals surface area contributed by atoms with E-state index in [1.807, 2.05) is 6.07 Å². The summed E-state index contributed by atoms with van der Waals surface area (Å²) in [6.45, 7) is 3.99. The van der Waals surface area contributed by atoms with Crippen molar-refractivity contribution in [2.24, 2.45) is 5.92 Å². The normalized spacial score (nSPS) is 17.2. The Morgan fingerprint density at radius 3 is 2.72 bits per heavy atom. The molecule has 1 aromatic rings. The van der Waals surface area contributed by atoms with Crippen molar-refractivity contribution >= 4 is 23.3 Å². The predicted octanol–water partition coefficient (Wildman–Crippen LogP) is 1.25. The molecule has 0 aromatic heterocycles. The number of carbonyl (C=O) groups excluding carboxylic acids is 2. The summed E-state index contributed by atoms with van der Waals surface area (Å²) in [5.74, 6) is 0.0903. The summed E-state index contributed by atoms with van der Waals surface area (Å²) in [6.07, 6.45) is 2.48. The molecule has 0 atom stereocenters. The van der Waals surface area contributed by atoms with Crippen LogP contribution >= 0.6 is 0 Å². The number of nitrogens with one attached hydrogen (secondary N) is 2. The lowest BCUT2D eigenvalue weighted by Crippen LogP contribution is -2.36. The minimum Gasteiger partial charge on any atom is -0.465 e. The van der Waals surface area contributed by atoms with Crippen LogP contribution in [0.2, 0.25) is 0 Å². The average Bonchev–Trinajstić information content (AvgIpc) is 3.46. The standard InChI is InChI=1S/C18H25N3O4/c1-24-18(23)15-10-14(21-6-8-25-9-7-21)4-5-16(15)20-17(22)12-19-11-13-2-3-13/h4-5,10,13,19H,2-3,6-9,11-12H2,1H3,(H,20,22). The van der Waals surface area contributed by atoms with Crippen LogP contribution in [0.1, 0.15) is 23.2 Å². The fourth-order valence-electron chi connectivity index (χ4n) is 2.84. The predicted molar refractivity (Wildman–Crippen MR) is 95.0 cm³/mol. The molecule has 7 nitrogen and oxygen atoms in total. The van der Waals surface area contributed by atoms with Gasteiger partial charge in [-0.3, -0.25) is 4.79 Å². The van der Waals surface area contributed by atoms with E-state index in [-0.39, 0.29) is 12.5 Å². The molecule has 1 heterocycles. The van der Waals surface area contributed by atoms with E-state index in [9.17, 15) is 9.59 Å². The smallest absolute Gasteiger partial charge is 0.340 e. The summed E-state index contributed by atoms with van der Waals surface area (Å²) in [5, 5.41) is 5.95. The van der Waals surface area contributed by atoms with Gasteiger partial charge in [-0.2, -0.15) is 0 Å². The van der Waals surface area contributed by atoms with Gasteiger partial charge in [-0.15, -0.1) is 0 Å². The maximum atomic E-state index is 12.1. The molecule has 0 radical (unpaired) electrons. The third-order valence-electron chi connectivity index (χ3n) is 4.47. The maximum Gasteiger partial charge on any atom is 0.340 e. The summed E-state index contributed by atoms with van der Waals surface area (Å²) in [5.41, 5.74) is 1.76. The lowest BCUT2D eigenvalue weighted by molar-refractivity contribution is -0.115. The van der Waals surface area contributed by atoms with Gasteiger partial charge in [-0.1, -0.05) is 0 Å². The topological polar surface area (TPSA) is 79.9 Å². The van der Waals surface area contributed by atoms with E-state index in [1.54, 1.807) is 12.1 Å². The Labute approximate surface area is 147 Å². The molecular formula is C18H25N3O4. The van der Waals surface area contributed by atoms with Gasteiger partial charge in [-0.05, 0) is 43.5 Å². The monoisotopic (exact) mass is 347 g/mol. The molecule has 1 saturated carbocycles. The van der Waals surface area contributed by atoms with E-state index in [0.717, 1.165) is 25.3 Å². The second-order valence-corrected chi connectivity index (χ2v) is 6.44. The summed E-state index contributed by atoms with van der Waals surface area (Å²) in [4.78, 5) is 26.4. The quantitative estimate of drug-likeness (QED) is 0.723. The number of morpholine rings is 1. The Balaban J connectivity index is 1.67. The van der Waals surface area contributed by atoms with Crippen LogP contribution in [0.25, 0.3) is 0 Å². The van der Waals surface area contributed by atoms with E-state index in [4.69, 9.17) is 9.47 Å². The fourth-order valence-corrected chi connectivity index (χ4v) is 2.84. The highest BCUT2D eigenvalue weighted by Gasteiger charge is 2.21. The Morgan fingerprint density at radius 2 is 2.04 bits per heavy atom. The largest absolute Gasteiger partial charge is 0.465 e. The number of ether oxygens (including phenoxy) is 2. The van der Waals surface area contributed by atoms with Crippen molar-refractivity contribution in [1.29, 1.82) is 0 Å². The second kappa shape index (κ2) is 8.31. The number of hydrogen-bond acceptors (Lipinski definition) is 6. The van der Waals surface area contributed by atoms with Crippen molar-refractivity contribution in [2.45, 2.75) is 12.8 Å². The SMILES string of the molecule is COC(=O)c1cc(N2CCOCC2)ccc1NC(=O)CNCC1CC1. The maximum absolute atomic E-state index is 12.1. The molecule has 0 spiro atoms. The van der Waals surface area contributed by atoms with Crippen molar-refractivity contribution in [3.63, 3.8) is 0 Å². The highest BCUT2D eigenvalue weighted by atomic mass is 16.5. The van der Waals surface area contributed by atoms with E-state index in [2.05, 4.69) is 15.5 Å². The van der Waals surface area contributed by atoms with Gasteiger partial charge in [0.2, 0.25) is 5.91 Å². The molecule has 1 aliphatic heterocycles. The number of amides is 1. The molecule has 1 amide bonds. The minimum atomic E-state index is -0.462. The lowest BCUT2D eigenvalue weighted by Gasteiger charge is -2.29. The number of carbonyl (C=O) groups is 2. The zero-order valence-corrected chi connectivity index (χ0v) is 14.5. The molecule has 7 heteroatoms. The summed E-state index contributed by atoms with van der Waals surface area (Å²) in [6, 6.07) is 5.44. The van der Waals surface area contributed by atoms with Crippen molar-refractivity contribution in [2.75, 3.05) is 56.7 Å². The highest BCUT2D eigenvalue weighted by molar-refractivity contribution is 6.02. The molecule has 1 aliphatic carbocycles. The first-order valence-corrected chi connectivity index (χ1v) is 8.73. The first-order valence-electron chi connectivity index (χ1n) is 8.73. The van der Waals surface area contributed by atoms with Crippen molar-refractivity contribution < 1.29 is 19.1 Å². The second-order valence-electron chi connectivity index (χ2n) is 6.44. The molecule has 136 valence electrons. The van der Waals surface area contributed by atoms with Crippen LogP contribution < -0.4 is 15.5 Å². The average molecular weight is 347 g/mol. The Bertz CT molecular complexity index is 625. The molecule has 2 aliphatic rings. The molecule has 3 rings (SSSR count). The molecule has 1 saturated heterocycles. The number of nitrogens with zero attached hydrogens (tertiary/aromatic N) is 1. The molecule has 0 bridgehead atoms. The van der Waals surface area contributed by atoms with E-state index >= 15 is 0 Å². The number of methoxy groups -OCH3 is 1. The summed E-state index contributed by atoms with van der Waals surface area (Å²) < 4.78 is 10.2. The van der Waals surface area contributed by atoms with E-state index in [1.165, 1.54) is 20.0 Å². The Hall–Kier alpha value is -2.12. The highest BCUT2D eigenvalue weighted by Crippen LogP contribution is 2.27. The number of benzene rings is 1. The molecule has 2 fully saturated rings. The van der Waals surface area contributed by atoms with Gasteiger partial charge in [0.1, 0.15) is 0 Å². The third kappa shape index (κ3) is 4.93. The van der Waals surface area contributed by atoms with Crippen LogP contribution in [-0.4, -0.2) is 58.4 Å². The van der Waals surface area contributed by atoms with Crippen molar-refractivity contribution in [3.8, 4) is 0 Å². The molecule has 2 N–H and O–H groups in total. The summed E-state index contributed by atoms with van der Waals surface area (Å²) in [7, 11) is 1.34. The number of hydrogen-bond donors (Lipinski definition) is 2. The van der Waals surface area contributed by atoms with Crippen LogP contribution in [0.4, 0.5) is 11.4 Å². The van der Waals surface area contributed by atoms with Crippen molar-refractivity contribution in [1.82, 2.24) is 5.32 Å². The number of anilines is 2.